The zero-order chi connectivity index (χ0) is 27.1. The Morgan fingerprint density at radius 3 is 2.16 bits per heavy atom. The molecule has 1 aromatic heterocycles. The highest BCUT2D eigenvalue weighted by atomic mass is 32.2. The Hall–Kier alpha value is -3.64. The van der Waals surface area contributed by atoms with Gasteiger partial charge in [0.15, 0.2) is 0 Å². The van der Waals surface area contributed by atoms with E-state index in [0.717, 1.165) is 22.4 Å². The molecule has 0 aliphatic carbocycles. The van der Waals surface area contributed by atoms with Crippen LogP contribution >= 0.6 is 0 Å². The largest absolute Gasteiger partial charge is 0.350 e. The number of amides is 2. The lowest BCUT2D eigenvalue weighted by molar-refractivity contribution is -0.140. The molecular weight excluding hydrogens is 504 g/mol. The minimum absolute atomic E-state index is 0.241. The van der Waals surface area contributed by atoms with Crippen LogP contribution < -0.4 is 20.9 Å². The molecule has 2 aromatic carbocycles. The molecule has 10 nitrogen and oxygen atoms in total. The van der Waals surface area contributed by atoms with Gasteiger partial charge in [0.2, 0.25) is 11.8 Å². The van der Waals surface area contributed by atoms with Gasteiger partial charge in [-0.2, -0.15) is 13.1 Å². The van der Waals surface area contributed by atoms with Crippen molar-refractivity contribution < 1.29 is 18.0 Å². The van der Waals surface area contributed by atoms with Crippen LogP contribution in [0.2, 0.25) is 0 Å². The number of hydrogen-bond donors (Lipinski definition) is 4. The van der Waals surface area contributed by atoms with Gasteiger partial charge in [-0.15, -0.1) is 0 Å². The standard InChI is InChI=1S/C27H32N6O4S/c28-16-22-14-13-19(17-30-22)18-31-26(34)23-12-7-15-33(23)27(35)25(32-38(29,36)37)24(20-8-3-1-4-9-20)21-10-5-2-6-11-21/h1-6,8-11,13-14,17,23-25,32H,7,12,15-16,18,28H2,(H,31,34)(H2,29,36,37)/t23-,25?/m0/s1. The molecule has 1 unspecified atom stereocenters. The average molecular weight is 537 g/mol. The molecule has 6 N–H and O–H groups in total. The number of carbonyl (C=O) groups excluding carboxylic acids is 2. The van der Waals surface area contributed by atoms with Crippen LogP contribution in [-0.4, -0.2) is 48.7 Å². The summed E-state index contributed by atoms with van der Waals surface area (Å²) in [4.78, 5) is 32.9. The van der Waals surface area contributed by atoms with Crippen molar-refractivity contribution in [2.45, 2.75) is 43.9 Å². The number of carbonyl (C=O) groups is 2. The number of nitrogens with zero attached hydrogens (tertiary/aromatic N) is 2. The highest BCUT2D eigenvalue weighted by Gasteiger charge is 2.41. The van der Waals surface area contributed by atoms with Gasteiger partial charge in [-0.3, -0.25) is 14.6 Å². The van der Waals surface area contributed by atoms with Crippen LogP contribution in [0.15, 0.2) is 79.0 Å². The molecular formula is C27H32N6O4S. The van der Waals surface area contributed by atoms with Crippen LogP contribution in [0.5, 0.6) is 0 Å². The van der Waals surface area contributed by atoms with Gasteiger partial charge < -0.3 is 16.0 Å². The summed E-state index contributed by atoms with van der Waals surface area (Å²) in [5.41, 5.74) is 8.60. The number of nitrogens with one attached hydrogen (secondary N) is 2. The Labute approximate surface area is 222 Å². The monoisotopic (exact) mass is 536 g/mol. The molecule has 0 saturated carbocycles. The Morgan fingerprint density at radius 2 is 1.63 bits per heavy atom. The van der Waals surface area contributed by atoms with E-state index in [1.165, 1.54) is 4.90 Å². The third-order valence-corrected chi connectivity index (χ3v) is 7.19. The summed E-state index contributed by atoms with van der Waals surface area (Å²) in [5.74, 6) is -1.49. The third kappa shape index (κ3) is 6.81. The van der Waals surface area contributed by atoms with Crippen molar-refractivity contribution in [1.82, 2.24) is 19.9 Å². The number of likely N-dealkylation sites (tertiary alicyclic amines) is 1. The van der Waals surface area contributed by atoms with Gasteiger partial charge in [0, 0.05) is 31.7 Å². The molecule has 1 aliphatic rings. The topological polar surface area (TPSA) is 161 Å². The number of benzene rings is 2. The molecule has 0 bridgehead atoms. The second-order valence-electron chi connectivity index (χ2n) is 9.21. The first-order valence-electron chi connectivity index (χ1n) is 12.4. The summed E-state index contributed by atoms with van der Waals surface area (Å²) in [6.45, 7) is 0.889. The second-order valence-corrected chi connectivity index (χ2v) is 10.5. The Bertz CT molecular complexity index is 1300. The lowest BCUT2D eigenvalue weighted by Gasteiger charge is -2.33. The predicted molar refractivity (Wildman–Crippen MR) is 143 cm³/mol. The van der Waals surface area contributed by atoms with Gasteiger partial charge in [-0.1, -0.05) is 66.7 Å². The minimum Gasteiger partial charge on any atom is -0.350 e. The summed E-state index contributed by atoms with van der Waals surface area (Å²) < 4.78 is 26.9. The summed E-state index contributed by atoms with van der Waals surface area (Å²) >= 11 is 0. The fourth-order valence-corrected chi connectivity index (χ4v) is 5.40. The van der Waals surface area contributed by atoms with Crippen molar-refractivity contribution in [2.75, 3.05) is 6.54 Å². The molecule has 4 rings (SSSR count). The van der Waals surface area contributed by atoms with Crippen molar-refractivity contribution in [3.63, 3.8) is 0 Å². The first-order valence-corrected chi connectivity index (χ1v) is 13.9. The van der Waals surface area contributed by atoms with Crippen molar-refractivity contribution in [1.29, 1.82) is 0 Å². The second kappa shape index (κ2) is 12.3. The summed E-state index contributed by atoms with van der Waals surface area (Å²) in [6.07, 6.45) is 2.72. The molecule has 1 fully saturated rings. The van der Waals surface area contributed by atoms with Crippen molar-refractivity contribution in [3.05, 3.63) is 101 Å². The Morgan fingerprint density at radius 1 is 1.00 bits per heavy atom. The molecule has 2 amide bonds. The lowest BCUT2D eigenvalue weighted by Crippen LogP contribution is -2.56. The first kappa shape index (κ1) is 27.4. The molecule has 0 radical (unpaired) electrons. The van der Waals surface area contributed by atoms with Gasteiger partial charge in [0.25, 0.3) is 10.2 Å². The number of nitrogens with two attached hydrogens (primary N) is 2. The van der Waals surface area contributed by atoms with E-state index in [2.05, 4.69) is 15.0 Å². The molecule has 3 aromatic rings. The molecule has 0 spiro atoms. The fourth-order valence-electron chi connectivity index (χ4n) is 4.81. The van der Waals surface area contributed by atoms with Crippen LogP contribution in [0.25, 0.3) is 0 Å². The number of rotatable bonds is 10. The maximum atomic E-state index is 14.0. The average Bonchev–Trinajstić information content (AvgIpc) is 3.42. The zero-order valence-electron chi connectivity index (χ0n) is 20.9. The fraction of sp³-hybridized carbons (Fsp3) is 0.296. The number of pyridine rings is 1. The molecule has 38 heavy (non-hydrogen) atoms. The van der Waals surface area contributed by atoms with Crippen molar-refractivity contribution in [2.24, 2.45) is 10.9 Å². The Kier molecular flexibility index (Phi) is 8.85. The van der Waals surface area contributed by atoms with Crippen LogP contribution in [-0.2, 0) is 32.9 Å². The predicted octanol–water partition coefficient (Wildman–Crippen LogP) is 1.14. The van der Waals surface area contributed by atoms with E-state index >= 15 is 0 Å². The molecule has 200 valence electrons. The maximum absolute atomic E-state index is 14.0. The van der Waals surface area contributed by atoms with E-state index in [0.29, 0.717) is 25.9 Å². The van der Waals surface area contributed by atoms with Crippen molar-refractivity contribution >= 4 is 22.0 Å². The minimum atomic E-state index is -4.26. The SMILES string of the molecule is NCc1ccc(CNC(=O)[C@@H]2CCCN2C(=O)C(NS(N)(=O)=O)C(c2ccccc2)c2ccccc2)cn1. The van der Waals surface area contributed by atoms with E-state index in [4.69, 9.17) is 10.9 Å². The molecule has 11 heteroatoms. The lowest BCUT2D eigenvalue weighted by atomic mass is 9.84. The van der Waals surface area contributed by atoms with E-state index in [1.807, 2.05) is 66.7 Å². The molecule has 1 aliphatic heterocycles. The van der Waals surface area contributed by atoms with Gasteiger partial charge in [0.1, 0.15) is 12.1 Å². The van der Waals surface area contributed by atoms with Crippen LogP contribution in [0.1, 0.15) is 41.1 Å². The van der Waals surface area contributed by atoms with E-state index < -0.39 is 34.1 Å². The van der Waals surface area contributed by atoms with Crippen LogP contribution in [0.3, 0.4) is 0 Å². The van der Waals surface area contributed by atoms with Crippen molar-refractivity contribution in [3.8, 4) is 0 Å². The Balaban J connectivity index is 1.60. The zero-order valence-corrected chi connectivity index (χ0v) is 21.7. The quantitative estimate of drug-likeness (QED) is 0.304. The number of hydrogen-bond acceptors (Lipinski definition) is 6. The maximum Gasteiger partial charge on any atom is 0.275 e. The number of aromatic nitrogens is 1. The van der Waals surface area contributed by atoms with Gasteiger partial charge in [0.05, 0.1) is 5.69 Å². The van der Waals surface area contributed by atoms with Gasteiger partial charge in [-0.05, 0) is 35.6 Å². The molecule has 1 saturated heterocycles. The highest BCUT2D eigenvalue weighted by molar-refractivity contribution is 7.87. The highest BCUT2D eigenvalue weighted by Crippen LogP contribution is 2.31. The van der Waals surface area contributed by atoms with Gasteiger partial charge in [-0.25, -0.2) is 5.14 Å². The van der Waals surface area contributed by atoms with E-state index in [-0.39, 0.29) is 12.5 Å². The first-order chi connectivity index (χ1) is 18.3. The van der Waals surface area contributed by atoms with Crippen LogP contribution in [0.4, 0.5) is 0 Å². The van der Waals surface area contributed by atoms with E-state index in [9.17, 15) is 18.0 Å². The van der Waals surface area contributed by atoms with Gasteiger partial charge >= 0.3 is 0 Å². The summed E-state index contributed by atoms with van der Waals surface area (Å²) in [6, 6.07) is 20.0. The summed E-state index contributed by atoms with van der Waals surface area (Å²) in [7, 11) is -4.26. The summed E-state index contributed by atoms with van der Waals surface area (Å²) in [5, 5.41) is 8.27. The van der Waals surface area contributed by atoms with Crippen LogP contribution in [0, 0.1) is 0 Å². The normalized spacial score (nSPS) is 16.4. The third-order valence-electron chi connectivity index (χ3n) is 6.61. The molecule has 2 atom stereocenters. The smallest absolute Gasteiger partial charge is 0.275 e. The van der Waals surface area contributed by atoms with E-state index in [1.54, 1.807) is 12.3 Å². The molecule has 2 heterocycles.